The van der Waals surface area contributed by atoms with Gasteiger partial charge in [0.25, 0.3) is 0 Å². The van der Waals surface area contributed by atoms with Gasteiger partial charge < -0.3 is 9.67 Å². The van der Waals surface area contributed by atoms with Crippen molar-refractivity contribution in [2.24, 2.45) is 0 Å². The van der Waals surface area contributed by atoms with Crippen LogP contribution >= 0.6 is 0 Å². The van der Waals surface area contributed by atoms with Crippen LogP contribution in [0.4, 0.5) is 0 Å². The topological polar surface area (TPSA) is 54.3 Å². The summed E-state index contributed by atoms with van der Waals surface area (Å²) in [5.41, 5.74) is 0.777. The maximum atomic E-state index is 11.0. The van der Waals surface area contributed by atoms with Crippen molar-refractivity contribution < 1.29 is 9.90 Å². The molecule has 2 rings (SSSR count). The summed E-state index contributed by atoms with van der Waals surface area (Å²) in [6.45, 7) is 4.84. The Kier molecular flexibility index (Phi) is 1.89. The molecular weight excluding hydrogens is 180 g/mol. The van der Waals surface area contributed by atoms with Crippen LogP contribution in [0.5, 0.6) is 0 Å². The van der Waals surface area contributed by atoms with Crippen LogP contribution in [0.3, 0.4) is 0 Å². The predicted molar refractivity (Wildman–Crippen MR) is 52.1 cm³/mol. The third-order valence-corrected chi connectivity index (χ3v) is 2.71. The number of aromatic nitrogens is 1. The van der Waals surface area contributed by atoms with Gasteiger partial charge in [-0.05, 0) is 26.0 Å². The lowest BCUT2D eigenvalue weighted by Crippen LogP contribution is -2.48. The summed E-state index contributed by atoms with van der Waals surface area (Å²) < 4.78 is 2.03. The van der Waals surface area contributed by atoms with Crippen molar-refractivity contribution in [3.8, 4) is 0 Å². The number of rotatable bonds is 1. The molecule has 1 aliphatic heterocycles. The summed E-state index contributed by atoms with van der Waals surface area (Å²) in [6, 6.07) is 3.17. The SMILES string of the molecule is CC1(C)CN[C@H](C(=O)O)c2cccn21. The monoisotopic (exact) mass is 194 g/mol. The molecule has 14 heavy (non-hydrogen) atoms. The van der Waals surface area contributed by atoms with E-state index in [0.717, 1.165) is 5.69 Å². The first-order valence-electron chi connectivity index (χ1n) is 4.66. The van der Waals surface area contributed by atoms with Gasteiger partial charge in [0.05, 0.1) is 5.54 Å². The quantitative estimate of drug-likeness (QED) is 0.700. The van der Waals surface area contributed by atoms with Crippen molar-refractivity contribution >= 4 is 5.97 Å². The van der Waals surface area contributed by atoms with Gasteiger partial charge in [0, 0.05) is 18.4 Å². The fourth-order valence-electron chi connectivity index (χ4n) is 1.94. The van der Waals surface area contributed by atoms with E-state index in [1.165, 1.54) is 0 Å². The molecule has 4 heteroatoms. The highest BCUT2D eigenvalue weighted by molar-refractivity contribution is 5.75. The number of hydrogen-bond donors (Lipinski definition) is 2. The van der Waals surface area contributed by atoms with E-state index in [9.17, 15) is 4.79 Å². The second-order valence-electron chi connectivity index (χ2n) is 4.27. The summed E-state index contributed by atoms with van der Waals surface area (Å²) in [4.78, 5) is 11.0. The van der Waals surface area contributed by atoms with Gasteiger partial charge in [-0.1, -0.05) is 0 Å². The summed E-state index contributed by atoms with van der Waals surface area (Å²) in [5, 5.41) is 12.0. The first-order valence-corrected chi connectivity index (χ1v) is 4.66. The van der Waals surface area contributed by atoms with Gasteiger partial charge in [-0.2, -0.15) is 0 Å². The van der Waals surface area contributed by atoms with Gasteiger partial charge in [-0.3, -0.25) is 10.1 Å². The molecule has 0 bridgehead atoms. The van der Waals surface area contributed by atoms with Crippen LogP contribution in [0.15, 0.2) is 18.3 Å². The molecule has 76 valence electrons. The van der Waals surface area contributed by atoms with E-state index in [0.29, 0.717) is 6.54 Å². The van der Waals surface area contributed by atoms with Crippen LogP contribution in [0.25, 0.3) is 0 Å². The summed E-state index contributed by atoms with van der Waals surface area (Å²) in [7, 11) is 0. The maximum Gasteiger partial charge on any atom is 0.326 e. The zero-order valence-electron chi connectivity index (χ0n) is 8.32. The molecule has 2 N–H and O–H groups in total. The van der Waals surface area contributed by atoms with Crippen molar-refractivity contribution in [2.45, 2.75) is 25.4 Å². The normalized spacial score (nSPS) is 24.3. The third kappa shape index (κ3) is 1.23. The molecule has 0 saturated carbocycles. The third-order valence-electron chi connectivity index (χ3n) is 2.71. The number of carbonyl (C=O) groups is 1. The Morgan fingerprint density at radius 2 is 2.43 bits per heavy atom. The first kappa shape index (κ1) is 9.27. The van der Waals surface area contributed by atoms with Gasteiger partial charge in [-0.15, -0.1) is 0 Å². The molecule has 2 heterocycles. The van der Waals surface area contributed by atoms with Crippen LogP contribution < -0.4 is 5.32 Å². The minimum atomic E-state index is -0.819. The number of aliphatic carboxylic acids is 1. The smallest absolute Gasteiger partial charge is 0.326 e. The van der Waals surface area contributed by atoms with Crippen LogP contribution in [-0.2, 0) is 10.3 Å². The lowest BCUT2D eigenvalue weighted by molar-refractivity contribution is -0.140. The van der Waals surface area contributed by atoms with E-state index in [1.54, 1.807) is 0 Å². The average Bonchev–Trinajstić information content (AvgIpc) is 2.52. The van der Waals surface area contributed by atoms with Crippen LogP contribution in [-0.4, -0.2) is 22.2 Å². The number of carboxylic acids is 1. The Bertz CT molecular complexity index is 368. The Balaban J connectivity index is 2.47. The average molecular weight is 194 g/mol. The van der Waals surface area contributed by atoms with Crippen LogP contribution in [0.1, 0.15) is 25.6 Å². The number of carboxylic acid groups (broad SMARTS) is 1. The second-order valence-corrected chi connectivity index (χ2v) is 4.27. The molecule has 0 unspecified atom stereocenters. The van der Waals surface area contributed by atoms with Gasteiger partial charge >= 0.3 is 5.97 Å². The lowest BCUT2D eigenvalue weighted by atomic mass is 9.99. The number of hydrogen-bond acceptors (Lipinski definition) is 2. The van der Waals surface area contributed by atoms with Crippen molar-refractivity contribution in [1.82, 2.24) is 9.88 Å². The molecule has 0 aromatic carbocycles. The molecule has 1 aromatic heterocycles. The van der Waals surface area contributed by atoms with Gasteiger partial charge in [0.15, 0.2) is 0 Å². The second kappa shape index (κ2) is 2.85. The minimum absolute atomic E-state index is 0.0508. The van der Waals surface area contributed by atoms with E-state index in [1.807, 2.05) is 22.9 Å². The van der Waals surface area contributed by atoms with Gasteiger partial charge in [0.1, 0.15) is 6.04 Å². The highest BCUT2D eigenvalue weighted by Gasteiger charge is 2.34. The Morgan fingerprint density at radius 3 is 3.07 bits per heavy atom. The van der Waals surface area contributed by atoms with Crippen molar-refractivity contribution in [2.75, 3.05) is 6.54 Å². The Labute approximate surface area is 82.5 Å². The molecule has 1 aliphatic rings. The highest BCUT2D eigenvalue weighted by Crippen LogP contribution is 2.27. The zero-order valence-corrected chi connectivity index (χ0v) is 8.32. The number of fused-ring (bicyclic) bond motifs is 1. The number of nitrogens with one attached hydrogen (secondary N) is 1. The molecule has 4 nitrogen and oxygen atoms in total. The fourth-order valence-corrected chi connectivity index (χ4v) is 1.94. The molecule has 0 radical (unpaired) electrons. The van der Waals surface area contributed by atoms with E-state index in [2.05, 4.69) is 19.2 Å². The summed E-state index contributed by atoms with van der Waals surface area (Å²) in [6.07, 6.45) is 1.94. The molecule has 0 saturated heterocycles. The molecule has 0 spiro atoms. The predicted octanol–water partition coefficient (Wildman–Crippen LogP) is 0.952. The van der Waals surface area contributed by atoms with E-state index in [-0.39, 0.29) is 5.54 Å². The molecule has 0 aliphatic carbocycles. The summed E-state index contributed by atoms with van der Waals surface area (Å²) in [5.74, 6) is -0.819. The summed E-state index contributed by atoms with van der Waals surface area (Å²) >= 11 is 0. The molecular formula is C10H14N2O2. The molecule has 0 amide bonds. The largest absolute Gasteiger partial charge is 0.480 e. The fraction of sp³-hybridized carbons (Fsp3) is 0.500. The molecule has 1 atom stereocenters. The van der Waals surface area contributed by atoms with Crippen LogP contribution in [0.2, 0.25) is 0 Å². The lowest BCUT2D eigenvalue weighted by Gasteiger charge is -2.37. The zero-order chi connectivity index (χ0) is 10.3. The van der Waals surface area contributed by atoms with E-state index >= 15 is 0 Å². The van der Waals surface area contributed by atoms with E-state index in [4.69, 9.17) is 5.11 Å². The Hall–Kier alpha value is -1.29. The van der Waals surface area contributed by atoms with Gasteiger partial charge in [0.2, 0.25) is 0 Å². The first-order chi connectivity index (χ1) is 6.52. The Morgan fingerprint density at radius 1 is 1.71 bits per heavy atom. The van der Waals surface area contributed by atoms with Gasteiger partial charge in [-0.25, -0.2) is 0 Å². The maximum absolute atomic E-state index is 11.0. The standard InChI is InChI=1S/C10H14N2O2/c1-10(2)6-11-8(9(13)14)7-4-3-5-12(7)10/h3-5,8,11H,6H2,1-2H3,(H,13,14)/t8-/m0/s1. The van der Waals surface area contributed by atoms with Crippen molar-refractivity contribution in [3.05, 3.63) is 24.0 Å². The van der Waals surface area contributed by atoms with Crippen molar-refractivity contribution in [3.63, 3.8) is 0 Å². The van der Waals surface area contributed by atoms with E-state index < -0.39 is 12.0 Å². The van der Waals surface area contributed by atoms with Crippen LogP contribution in [0, 0.1) is 0 Å². The highest BCUT2D eigenvalue weighted by atomic mass is 16.4. The molecule has 1 aromatic rings. The van der Waals surface area contributed by atoms with Crippen molar-refractivity contribution in [1.29, 1.82) is 0 Å². The number of nitrogens with zero attached hydrogens (tertiary/aromatic N) is 1. The minimum Gasteiger partial charge on any atom is -0.480 e. The molecule has 0 fully saturated rings.